The second kappa shape index (κ2) is 5.25. The number of aldehydes is 1. The number of likely N-dealkylation sites (tertiary alicyclic amines) is 1. The van der Waals surface area contributed by atoms with E-state index in [1.165, 1.54) is 6.07 Å². The molecule has 3 nitrogen and oxygen atoms in total. The average Bonchev–Trinajstić information content (AvgIpc) is 2.41. The highest BCUT2D eigenvalue weighted by atomic mass is 19.2. The van der Waals surface area contributed by atoms with Crippen LogP contribution in [0.4, 0.5) is 8.78 Å². The molecule has 1 fully saturated rings. The van der Waals surface area contributed by atoms with E-state index in [9.17, 15) is 18.4 Å². The van der Waals surface area contributed by atoms with Gasteiger partial charge in [-0.25, -0.2) is 8.78 Å². The number of carbonyl (C=O) groups excluding carboxylic acids is 2. The number of hydrogen-bond acceptors (Lipinski definition) is 2. The third-order valence-corrected chi connectivity index (χ3v) is 3.19. The van der Waals surface area contributed by atoms with Gasteiger partial charge in [0.15, 0.2) is 11.6 Å². The summed E-state index contributed by atoms with van der Waals surface area (Å²) in [6.45, 7) is 0.947. The van der Waals surface area contributed by atoms with E-state index in [0.29, 0.717) is 25.9 Å². The van der Waals surface area contributed by atoms with E-state index in [-0.39, 0.29) is 17.4 Å². The normalized spacial score (nSPS) is 16.7. The summed E-state index contributed by atoms with van der Waals surface area (Å²) < 4.78 is 25.8. The van der Waals surface area contributed by atoms with Gasteiger partial charge in [0.2, 0.25) is 0 Å². The third-order valence-electron chi connectivity index (χ3n) is 3.19. The molecule has 18 heavy (non-hydrogen) atoms. The van der Waals surface area contributed by atoms with Crippen LogP contribution in [0.5, 0.6) is 0 Å². The summed E-state index contributed by atoms with van der Waals surface area (Å²) in [7, 11) is 0. The maximum absolute atomic E-state index is 13.0. The number of hydrogen-bond donors (Lipinski definition) is 0. The van der Waals surface area contributed by atoms with E-state index >= 15 is 0 Å². The van der Waals surface area contributed by atoms with Crippen LogP contribution in [0.15, 0.2) is 18.2 Å². The van der Waals surface area contributed by atoms with Gasteiger partial charge in [-0.15, -0.1) is 0 Å². The molecule has 0 bridgehead atoms. The topological polar surface area (TPSA) is 37.4 Å². The number of carbonyl (C=O) groups is 2. The molecule has 1 aliphatic heterocycles. The number of halogens is 2. The van der Waals surface area contributed by atoms with Crippen LogP contribution in [0.2, 0.25) is 0 Å². The first-order chi connectivity index (χ1) is 8.61. The van der Waals surface area contributed by atoms with E-state index in [1.54, 1.807) is 4.90 Å². The molecule has 5 heteroatoms. The van der Waals surface area contributed by atoms with Crippen molar-refractivity contribution in [2.75, 3.05) is 13.1 Å². The lowest BCUT2D eigenvalue weighted by atomic mass is 9.98. The standard InChI is InChI=1S/C13H13F2NO2/c14-11-2-1-10(7-12(11)15)13(18)16-5-3-9(8-17)4-6-16/h1-2,7-9H,3-6H2. The van der Waals surface area contributed by atoms with Gasteiger partial charge in [-0.3, -0.25) is 4.79 Å². The van der Waals surface area contributed by atoms with E-state index in [1.807, 2.05) is 0 Å². The first kappa shape index (κ1) is 12.7. The van der Waals surface area contributed by atoms with Gasteiger partial charge < -0.3 is 9.69 Å². The Morgan fingerprint density at radius 1 is 1.22 bits per heavy atom. The van der Waals surface area contributed by atoms with Gasteiger partial charge in [0.25, 0.3) is 5.91 Å². The van der Waals surface area contributed by atoms with Crippen LogP contribution in [0.3, 0.4) is 0 Å². The van der Waals surface area contributed by atoms with E-state index < -0.39 is 11.6 Å². The van der Waals surface area contributed by atoms with Crippen LogP contribution in [0, 0.1) is 17.6 Å². The predicted octanol–water partition coefficient (Wildman–Crippen LogP) is 2.02. The Balaban J connectivity index is 2.07. The van der Waals surface area contributed by atoms with Crippen LogP contribution < -0.4 is 0 Å². The van der Waals surface area contributed by atoms with Gasteiger partial charge >= 0.3 is 0 Å². The molecule has 0 atom stereocenters. The fourth-order valence-corrected chi connectivity index (χ4v) is 2.05. The number of piperidine rings is 1. The Bertz CT molecular complexity index is 468. The van der Waals surface area contributed by atoms with Crippen molar-refractivity contribution in [2.45, 2.75) is 12.8 Å². The SMILES string of the molecule is O=CC1CCN(C(=O)c2ccc(F)c(F)c2)CC1. The van der Waals surface area contributed by atoms with Crippen molar-refractivity contribution in [3.05, 3.63) is 35.4 Å². The van der Waals surface area contributed by atoms with E-state index in [0.717, 1.165) is 18.4 Å². The summed E-state index contributed by atoms with van der Waals surface area (Å²) in [5.74, 6) is -2.31. The summed E-state index contributed by atoms with van der Waals surface area (Å²) in [4.78, 5) is 24.2. The molecular weight excluding hydrogens is 240 g/mol. The van der Waals surface area contributed by atoms with Crippen molar-refractivity contribution in [2.24, 2.45) is 5.92 Å². The van der Waals surface area contributed by atoms with Gasteiger partial charge in [0, 0.05) is 24.6 Å². The lowest BCUT2D eigenvalue weighted by Gasteiger charge is -2.29. The lowest BCUT2D eigenvalue weighted by molar-refractivity contribution is -0.112. The summed E-state index contributed by atoms with van der Waals surface area (Å²) in [6, 6.07) is 3.12. The molecule has 0 radical (unpaired) electrons. The molecule has 1 aromatic carbocycles. The largest absolute Gasteiger partial charge is 0.339 e. The Labute approximate surface area is 103 Å². The molecule has 0 saturated carbocycles. The zero-order valence-corrected chi connectivity index (χ0v) is 9.73. The van der Waals surface area contributed by atoms with Crippen molar-refractivity contribution < 1.29 is 18.4 Å². The zero-order chi connectivity index (χ0) is 13.1. The maximum atomic E-state index is 13.0. The van der Waals surface area contributed by atoms with Crippen molar-refractivity contribution in [1.82, 2.24) is 4.90 Å². The van der Waals surface area contributed by atoms with Crippen LogP contribution in [-0.4, -0.2) is 30.2 Å². The van der Waals surface area contributed by atoms with E-state index in [4.69, 9.17) is 0 Å². The molecule has 1 saturated heterocycles. The molecule has 0 spiro atoms. The molecule has 0 N–H and O–H groups in total. The van der Waals surface area contributed by atoms with Crippen LogP contribution >= 0.6 is 0 Å². The second-order valence-electron chi connectivity index (χ2n) is 4.39. The van der Waals surface area contributed by atoms with Crippen molar-refractivity contribution in [3.63, 3.8) is 0 Å². The molecule has 96 valence electrons. The van der Waals surface area contributed by atoms with Crippen molar-refractivity contribution in [1.29, 1.82) is 0 Å². The molecule has 1 amide bonds. The van der Waals surface area contributed by atoms with Gasteiger partial charge in [-0.2, -0.15) is 0 Å². The van der Waals surface area contributed by atoms with Crippen molar-refractivity contribution in [3.8, 4) is 0 Å². The minimum atomic E-state index is -1.02. The van der Waals surface area contributed by atoms with Crippen LogP contribution in [-0.2, 0) is 4.79 Å². The minimum absolute atomic E-state index is 0.000922. The minimum Gasteiger partial charge on any atom is -0.339 e. The summed E-state index contributed by atoms with van der Waals surface area (Å²) >= 11 is 0. The summed E-state index contributed by atoms with van der Waals surface area (Å²) in [5.41, 5.74) is 0.137. The third kappa shape index (κ3) is 2.55. The second-order valence-corrected chi connectivity index (χ2v) is 4.39. The molecular formula is C13H13F2NO2. The quantitative estimate of drug-likeness (QED) is 0.756. The Morgan fingerprint density at radius 3 is 2.44 bits per heavy atom. The summed E-state index contributed by atoms with van der Waals surface area (Å²) in [5, 5.41) is 0. The summed E-state index contributed by atoms with van der Waals surface area (Å²) in [6.07, 6.45) is 2.15. The number of benzene rings is 1. The number of rotatable bonds is 2. The molecule has 1 heterocycles. The number of nitrogens with zero attached hydrogens (tertiary/aromatic N) is 1. The molecule has 2 rings (SSSR count). The fourth-order valence-electron chi connectivity index (χ4n) is 2.05. The monoisotopic (exact) mass is 253 g/mol. The van der Waals surface area contributed by atoms with E-state index in [2.05, 4.69) is 0 Å². The Hall–Kier alpha value is -1.78. The smallest absolute Gasteiger partial charge is 0.253 e. The molecule has 1 aromatic rings. The number of amides is 1. The Morgan fingerprint density at radius 2 is 1.89 bits per heavy atom. The molecule has 0 aromatic heterocycles. The highest BCUT2D eigenvalue weighted by Crippen LogP contribution is 2.18. The zero-order valence-electron chi connectivity index (χ0n) is 9.73. The molecule has 0 unspecified atom stereocenters. The van der Waals surface area contributed by atoms with Crippen LogP contribution in [0.25, 0.3) is 0 Å². The molecule has 0 aliphatic carbocycles. The lowest BCUT2D eigenvalue weighted by Crippen LogP contribution is -2.38. The first-order valence-electron chi connectivity index (χ1n) is 5.81. The van der Waals surface area contributed by atoms with Crippen molar-refractivity contribution >= 4 is 12.2 Å². The Kier molecular flexibility index (Phi) is 3.69. The maximum Gasteiger partial charge on any atom is 0.253 e. The van der Waals surface area contributed by atoms with Gasteiger partial charge in [-0.05, 0) is 31.0 Å². The predicted molar refractivity (Wildman–Crippen MR) is 61.0 cm³/mol. The highest BCUT2D eigenvalue weighted by molar-refractivity contribution is 5.94. The fraction of sp³-hybridized carbons (Fsp3) is 0.385. The highest BCUT2D eigenvalue weighted by Gasteiger charge is 2.23. The van der Waals surface area contributed by atoms with Gasteiger partial charge in [-0.1, -0.05) is 0 Å². The van der Waals surface area contributed by atoms with Gasteiger partial charge in [0.05, 0.1) is 0 Å². The molecule has 1 aliphatic rings. The average molecular weight is 253 g/mol. The van der Waals surface area contributed by atoms with Crippen LogP contribution in [0.1, 0.15) is 23.2 Å². The first-order valence-corrected chi connectivity index (χ1v) is 5.81. The van der Waals surface area contributed by atoms with Gasteiger partial charge in [0.1, 0.15) is 6.29 Å².